The average Bonchev–Trinajstić information content (AvgIpc) is 2.46. The minimum absolute atomic E-state index is 0.117. The number of rotatable bonds is 5. The molecule has 0 aliphatic heterocycles. The maximum Gasteiger partial charge on any atom is 0.119 e. The molecule has 0 bridgehead atoms. The molecule has 0 aliphatic carbocycles. The minimum atomic E-state index is -0.117. The Morgan fingerprint density at radius 3 is 2.33 bits per heavy atom. The van der Waals surface area contributed by atoms with E-state index in [9.17, 15) is 0 Å². The number of benzene rings is 2. The van der Waals surface area contributed by atoms with Gasteiger partial charge >= 0.3 is 0 Å². The standard InChI is InChI=1S/C16H17NO/c1-2-16(17)14-8-10-15(11-9-14)18-12-13-6-4-3-5-7-13/h2-11,16H,1,12,17H2/t16-/m0/s1. The predicted molar refractivity (Wildman–Crippen MR) is 74.3 cm³/mol. The van der Waals surface area contributed by atoms with Gasteiger partial charge in [-0.25, -0.2) is 0 Å². The van der Waals surface area contributed by atoms with Crippen molar-refractivity contribution in [3.8, 4) is 5.75 Å². The molecule has 92 valence electrons. The lowest BCUT2D eigenvalue weighted by molar-refractivity contribution is 0.306. The summed E-state index contributed by atoms with van der Waals surface area (Å²) in [4.78, 5) is 0. The minimum Gasteiger partial charge on any atom is -0.489 e. The van der Waals surface area contributed by atoms with Gasteiger partial charge in [-0.2, -0.15) is 0 Å². The highest BCUT2D eigenvalue weighted by Crippen LogP contribution is 2.17. The van der Waals surface area contributed by atoms with E-state index in [4.69, 9.17) is 10.5 Å². The third-order valence-electron chi connectivity index (χ3n) is 2.77. The number of ether oxygens (including phenoxy) is 1. The molecule has 2 N–H and O–H groups in total. The van der Waals surface area contributed by atoms with E-state index in [1.54, 1.807) is 6.08 Å². The summed E-state index contributed by atoms with van der Waals surface area (Å²) in [7, 11) is 0. The van der Waals surface area contributed by atoms with Crippen molar-refractivity contribution in [3.05, 3.63) is 78.4 Å². The van der Waals surface area contributed by atoms with Crippen LogP contribution in [-0.4, -0.2) is 0 Å². The Kier molecular flexibility index (Phi) is 4.15. The van der Waals surface area contributed by atoms with Crippen molar-refractivity contribution >= 4 is 0 Å². The van der Waals surface area contributed by atoms with Gasteiger partial charge in [0.1, 0.15) is 12.4 Å². The van der Waals surface area contributed by atoms with Crippen molar-refractivity contribution in [2.45, 2.75) is 12.6 Å². The van der Waals surface area contributed by atoms with Gasteiger partial charge in [0.05, 0.1) is 0 Å². The van der Waals surface area contributed by atoms with E-state index in [-0.39, 0.29) is 6.04 Å². The predicted octanol–water partition coefficient (Wildman–Crippen LogP) is 3.45. The second-order valence-corrected chi connectivity index (χ2v) is 4.10. The summed E-state index contributed by atoms with van der Waals surface area (Å²) >= 11 is 0. The van der Waals surface area contributed by atoms with Crippen molar-refractivity contribution in [2.75, 3.05) is 0 Å². The second-order valence-electron chi connectivity index (χ2n) is 4.10. The Balaban J connectivity index is 1.96. The molecular formula is C16H17NO. The van der Waals surface area contributed by atoms with Gasteiger partial charge in [-0.15, -0.1) is 6.58 Å². The molecular weight excluding hydrogens is 222 g/mol. The van der Waals surface area contributed by atoms with Crippen LogP contribution in [0.1, 0.15) is 17.2 Å². The highest BCUT2D eigenvalue weighted by molar-refractivity contribution is 5.30. The smallest absolute Gasteiger partial charge is 0.119 e. The summed E-state index contributed by atoms with van der Waals surface area (Å²) in [6.07, 6.45) is 1.72. The Bertz CT molecular complexity index is 490. The van der Waals surface area contributed by atoms with Crippen LogP contribution in [0.3, 0.4) is 0 Å². The molecule has 0 aromatic heterocycles. The van der Waals surface area contributed by atoms with Crippen molar-refractivity contribution in [3.63, 3.8) is 0 Å². The summed E-state index contributed by atoms with van der Waals surface area (Å²) in [5.74, 6) is 0.846. The highest BCUT2D eigenvalue weighted by atomic mass is 16.5. The normalized spacial score (nSPS) is 11.8. The molecule has 2 aromatic rings. The molecule has 0 fully saturated rings. The maximum absolute atomic E-state index is 5.85. The molecule has 0 heterocycles. The molecule has 2 aromatic carbocycles. The number of nitrogens with two attached hydrogens (primary N) is 1. The first-order chi connectivity index (χ1) is 8.79. The summed E-state index contributed by atoms with van der Waals surface area (Å²) < 4.78 is 5.69. The van der Waals surface area contributed by atoms with Crippen molar-refractivity contribution in [2.24, 2.45) is 5.73 Å². The van der Waals surface area contributed by atoms with E-state index in [0.29, 0.717) is 6.61 Å². The van der Waals surface area contributed by atoms with Gasteiger partial charge in [0.15, 0.2) is 0 Å². The van der Waals surface area contributed by atoms with Gasteiger partial charge < -0.3 is 10.5 Å². The third-order valence-corrected chi connectivity index (χ3v) is 2.77. The Labute approximate surface area is 108 Å². The summed E-state index contributed by atoms with van der Waals surface area (Å²) in [5, 5.41) is 0. The molecule has 18 heavy (non-hydrogen) atoms. The van der Waals surface area contributed by atoms with Crippen LogP contribution in [0.5, 0.6) is 5.75 Å². The van der Waals surface area contributed by atoms with E-state index in [1.165, 1.54) is 0 Å². The SMILES string of the molecule is C=C[C@H](N)c1ccc(OCc2ccccc2)cc1. The quantitative estimate of drug-likeness (QED) is 0.811. The van der Waals surface area contributed by atoms with Crippen LogP contribution in [0, 0.1) is 0 Å². The van der Waals surface area contributed by atoms with Crippen molar-refractivity contribution < 1.29 is 4.74 Å². The number of hydrogen-bond acceptors (Lipinski definition) is 2. The van der Waals surface area contributed by atoms with Gasteiger partial charge in [-0.1, -0.05) is 48.5 Å². The summed E-state index contributed by atoms with van der Waals surface area (Å²) in [6, 6.07) is 17.8. The maximum atomic E-state index is 5.85. The summed E-state index contributed by atoms with van der Waals surface area (Å²) in [5.41, 5.74) is 8.05. The number of hydrogen-bond donors (Lipinski definition) is 1. The monoisotopic (exact) mass is 239 g/mol. The third kappa shape index (κ3) is 3.22. The van der Waals surface area contributed by atoms with Crippen LogP contribution in [0.15, 0.2) is 67.3 Å². The largest absolute Gasteiger partial charge is 0.489 e. The lowest BCUT2D eigenvalue weighted by atomic mass is 10.1. The Morgan fingerprint density at radius 2 is 1.72 bits per heavy atom. The fraction of sp³-hybridized carbons (Fsp3) is 0.125. The molecule has 0 spiro atoms. The second kappa shape index (κ2) is 6.03. The fourth-order valence-electron chi connectivity index (χ4n) is 1.66. The molecule has 0 saturated carbocycles. The van der Waals surface area contributed by atoms with Crippen LogP contribution in [0.4, 0.5) is 0 Å². The van der Waals surface area contributed by atoms with Crippen LogP contribution < -0.4 is 10.5 Å². The zero-order chi connectivity index (χ0) is 12.8. The van der Waals surface area contributed by atoms with Gasteiger partial charge in [0.25, 0.3) is 0 Å². The molecule has 2 rings (SSSR count). The van der Waals surface area contributed by atoms with E-state index >= 15 is 0 Å². The molecule has 0 radical (unpaired) electrons. The first-order valence-corrected chi connectivity index (χ1v) is 5.94. The lowest BCUT2D eigenvalue weighted by Crippen LogP contribution is -2.06. The molecule has 0 amide bonds. The van der Waals surface area contributed by atoms with Crippen LogP contribution in [-0.2, 0) is 6.61 Å². The van der Waals surface area contributed by atoms with Crippen LogP contribution >= 0.6 is 0 Å². The summed E-state index contributed by atoms with van der Waals surface area (Å²) in [6.45, 7) is 4.26. The van der Waals surface area contributed by atoms with Crippen molar-refractivity contribution in [1.82, 2.24) is 0 Å². The van der Waals surface area contributed by atoms with E-state index in [0.717, 1.165) is 16.9 Å². The Morgan fingerprint density at radius 1 is 1.06 bits per heavy atom. The molecule has 1 atom stereocenters. The van der Waals surface area contributed by atoms with Crippen LogP contribution in [0.2, 0.25) is 0 Å². The Hall–Kier alpha value is -2.06. The molecule has 0 aliphatic rings. The molecule has 2 nitrogen and oxygen atoms in total. The highest BCUT2D eigenvalue weighted by Gasteiger charge is 2.01. The molecule has 2 heteroatoms. The molecule has 0 saturated heterocycles. The van der Waals surface area contributed by atoms with Gasteiger partial charge in [0.2, 0.25) is 0 Å². The topological polar surface area (TPSA) is 35.2 Å². The first kappa shape index (κ1) is 12.4. The van der Waals surface area contributed by atoms with Gasteiger partial charge in [0, 0.05) is 6.04 Å². The van der Waals surface area contributed by atoms with Crippen molar-refractivity contribution in [1.29, 1.82) is 0 Å². The first-order valence-electron chi connectivity index (χ1n) is 5.94. The average molecular weight is 239 g/mol. The van der Waals surface area contributed by atoms with E-state index in [1.807, 2.05) is 54.6 Å². The van der Waals surface area contributed by atoms with E-state index < -0.39 is 0 Å². The lowest BCUT2D eigenvalue weighted by Gasteiger charge is -2.09. The van der Waals surface area contributed by atoms with E-state index in [2.05, 4.69) is 6.58 Å². The van der Waals surface area contributed by atoms with Crippen LogP contribution in [0.25, 0.3) is 0 Å². The zero-order valence-corrected chi connectivity index (χ0v) is 10.3. The zero-order valence-electron chi connectivity index (χ0n) is 10.3. The molecule has 0 unspecified atom stereocenters. The van der Waals surface area contributed by atoms with Gasteiger partial charge in [-0.3, -0.25) is 0 Å². The van der Waals surface area contributed by atoms with Gasteiger partial charge in [-0.05, 0) is 23.3 Å². The fourth-order valence-corrected chi connectivity index (χ4v) is 1.66.